The maximum Gasteiger partial charge on any atom is 0.108 e. The number of aliphatic hydroxyl groups is 1. The van der Waals surface area contributed by atoms with Gasteiger partial charge in [-0.05, 0) is 6.42 Å². The summed E-state index contributed by atoms with van der Waals surface area (Å²) in [6, 6.07) is 0. The average molecular weight is 89.1 g/mol. The fraction of sp³-hybridized carbons (Fsp3) is 1.00. The highest BCUT2D eigenvalue weighted by Crippen LogP contribution is 1.84. The van der Waals surface area contributed by atoms with Crippen LogP contribution in [-0.4, -0.2) is 17.8 Å². The Morgan fingerprint density at radius 3 is 2.33 bits per heavy atom. The van der Waals surface area contributed by atoms with Crippen molar-refractivity contribution in [3.63, 3.8) is 0 Å². The minimum absolute atomic E-state index is 0.365. The molecule has 0 aliphatic rings. The van der Waals surface area contributed by atoms with Crippen LogP contribution in [0, 0.1) is 0 Å². The van der Waals surface area contributed by atoms with Gasteiger partial charge in [0, 0.05) is 0 Å². The molecular formula is C4H9O2. The molecule has 6 heavy (non-hydrogen) atoms. The Bertz CT molecular complexity index is 24.7. The first-order valence-electron chi connectivity index (χ1n) is 2.07. The second-order valence-electron chi connectivity index (χ2n) is 1.23. The van der Waals surface area contributed by atoms with Crippen LogP contribution in [0.3, 0.4) is 0 Å². The summed E-state index contributed by atoms with van der Waals surface area (Å²) in [5.74, 6) is 0. The van der Waals surface area contributed by atoms with Crippen LogP contribution in [-0.2, 0) is 5.11 Å². The number of hydrogen-bond acceptors (Lipinski definition) is 1. The summed E-state index contributed by atoms with van der Waals surface area (Å²) in [4.78, 5) is 0. The van der Waals surface area contributed by atoms with Gasteiger partial charge >= 0.3 is 0 Å². The van der Waals surface area contributed by atoms with Gasteiger partial charge in [-0.2, -0.15) is 0 Å². The van der Waals surface area contributed by atoms with Crippen LogP contribution < -0.4 is 0 Å². The fourth-order valence-corrected chi connectivity index (χ4v) is 0.118. The molecule has 0 fully saturated rings. The Morgan fingerprint density at radius 2 is 2.33 bits per heavy atom. The molecule has 0 heterocycles. The van der Waals surface area contributed by atoms with Gasteiger partial charge in [0.25, 0.3) is 0 Å². The van der Waals surface area contributed by atoms with Crippen molar-refractivity contribution in [2.45, 2.75) is 19.4 Å². The van der Waals surface area contributed by atoms with Crippen molar-refractivity contribution >= 4 is 0 Å². The normalized spacial score (nSPS) is 14.5. The number of rotatable bonds is 2. The van der Waals surface area contributed by atoms with E-state index in [-0.39, 0.29) is 6.61 Å². The van der Waals surface area contributed by atoms with Crippen molar-refractivity contribution in [3.8, 4) is 0 Å². The van der Waals surface area contributed by atoms with Crippen LogP contribution >= 0.6 is 0 Å². The van der Waals surface area contributed by atoms with Crippen LogP contribution in [0.2, 0.25) is 0 Å². The predicted octanol–water partition coefficient (Wildman–Crippen LogP) is 0.188. The minimum Gasteiger partial charge on any atom is -0.391 e. The Labute approximate surface area is 37.4 Å². The first-order valence-corrected chi connectivity index (χ1v) is 2.07. The maximum absolute atomic E-state index is 9.61. The Balaban J connectivity index is 2.75. The summed E-state index contributed by atoms with van der Waals surface area (Å²) in [5, 5.41) is 18.0. The number of aliphatic hydroxyl groups excluding tert-OH is 1. The third-order valence-corrected chi connectivity index (χ3v) is 0.664. The highest BCUT2D eigenvalue weighted by atomic mass is 16.3. The van der Waals surface area contributed by atoms with Gasteiger partial charge in [0.1, 0.15) is 6.61 Å². The van der Waals surface area contributed by atoms with E-state index >= 15 is 0 Å². The zero-order chi connectivity index (χ0) is 4.99. The van der Waals surface area contributed by atoms with Gasteiger partial charge in [-0.3, -0.25) is 0 Å². The standard InChI is InChI=1S/C4H9O2/c1-2-4(6)3-5/h4,6H,2-3H2,1H3/t4-/m0/s1. The Hall–Kier alpha value is -0.0800. The van der Waals surface area contributed by atoms with Gasteiger partial charge in [-0.25, -0.2) is 5.11 Å². The van der Waals surface area contributed by atoms with Gasteiger partial charge in [0.15, 0.2) is 0 Å². The summed E-state index contributed by atoms with van der Waals surface area (Å²) in [6.07, 6.45) is -0.0475. The summed E-state index contributed by atoms with van der Waals surface area (Å²) in [7, 11) is 0. The van der Waals surface area contributed by atoms with Crippen molar-refractivity contribution in [2.75, 3.05) is 6.61 Å². The summed E-state index contributed by atoms with van der Waals surface area (Å²) >= 11 is 0. The van der Waals surface area contributed by atoms with E-state index in [1.54, 1.807) is 6.92 Å². The molecule has 0 aromatic rings. The lowest BCUT2D eigenvalue weighted by molar-refractivity contribution is 0.0533. The van der Waals surface area contributed by atoms with E-state index in [4.69, 9.17) is 5.11 Å². The van der Waals surface area contributed by atoms with E-state index in [0.29, 0.717) is 6.42 Å². The SMILES string of the molecule is CC[C@H](O)C[O]. The second-order valence-corrected chi connectivity index (χ2v) is 1.23. The van der Waals surface area contributed by atoms with Crippen molar-refractivity contribution < 1.29 is 10.2 Å². The minimum atomic E-state index is -0.620. The van der Waals surface area contributed by atoms with Gasteiger partial charge in [-0.1, -0.05) is 6.92 Å². The van der Waals surface area contributed by atoms with Crippen molar-refractivity contribution in [1.82, 2.24) is 0 Å². The zero-order valence-electron chi connectivity index (χ0n) is 3.85. The fourth-order valence-electron chi connectivity index (χ4n) is 0.118. The first kappa shape index (κ1) is 5.92. The van der Waals surface area contributed by atoms with Crippen LogP contribution in [0.5, 0.6) is 0 Å². The molecule has 37 valence electrons. The lowest BCUT2D eigenvalue weighted by atomic mass is 10.3. The highest BCUT2D eigenvalue weighted by Gasteiger charge is 1.93. The molecule has 0 unspecified atom stereocenters. The predicted molar refractivity (Wildman–Crippen MR) is 21.9 cm³/mol. The summed E-state index contributed by atoms with van der Waals surface area (Å²) < 4.78 is 0. The molecule has 0 bridgehead atoms. The van der Waals surface area contributed by atoms with Crippen molar-refractivity contribution in [1.29, 1.82) is 0 Å². The molecule has 0 rings (SSSR count). The molecule has 1 atom stereocenters. The zero-order valence-corrected chi connectivity index (χ0v) is 3.85. The van der Waals surface area contributed by atoms with Crippen LogP contribution in [0.15, 0.2) is 0 Å². The smallest absolute Gasteiger partial charge is 0.108 e. The molecule has 0 aliphatic heterocycles. The topological polar surface area (TPSA) is 40.1 Å². The lowest BCUT2D eigenvalue weighted by Gasteiger charge is -1.95. The quantitative estimate of drug-likeness (QED) is 0.515. The molecule has 0 spiro atoms. The molecule has 0 saturated heterocycles. The largest absolute Gasteiger partial charge is 0.391 e. The Kier molecular flexibility index (Phi) is 3.08. The van der Waals surface area contributed by atoms with Crippen LogP contribution in [0.25, 0.3) is 0 Å². The van der Waals surface area contributed by atoms with Gasteiger partial charge in [0.05, 0.1) is 6.10 Å². The van der Waals surface area contributed by atoms with E-state index in [1.807, 2.05) is 0 Å². The Morgan fingerprint density at radius 1 is 1.83 bits per heavy atom. The molecule has 0 amide bonds. The summed E-state index contributed by atoms with van der Waals surface area (Å²) in [5.41, 5.74) is 0. The maximum atomic E-state index is 9.61. The van der Waals surface area contributed by atoms with E-state index in [0.717, 1.165) is 0 Å². The first-order chi connectivity index (χ1) is 2.81. The van der Waals surface area contributed by atoms with Crippen molar-refractivity contribution in [3.05, 3.63) is 0 Å². The average Bonchev–Trinajstić information content (AvgIpc) is 1.65. The highest BCUT2D eigenvalue weighted by molar-refractivity contribution is 4.43. The van der Waals surface area contributed by atoms with E-state index < -0.39 is 6.10 Å². The van der Waals surface area contributed by atoms with Gasteiger partial charge in [-0.15, -0.1) is 0 Å². The lowest BCUT2D eigenvalue weighted by Crippen LogP contribution is -2.07. The monoisotopic (exact) mass is 89.1 g/mol. The van der Waals surface area contributed by atoms with E-state index in [2.05, 4.69) is 0 Å². The number of hydrogen-bond donors (Lipinski definition) is 1. The molecule has 0 aromatic carbocycles. The van der Waals surface area contributed by atoms with E-state index in [9.17, 15) is 5.11 Å². The molecule has 2 nitrogen and oxygen atoms in total. The van der Waals surface area contributed by atoms with Crippen LogP contribution in [0.4, 0.5) is 0 Å². The molecule has 2 heteroatoms. The third kappa shape index (κ3) is 2.18. The third-order valence-electron chi connectivity index (χ3n) is 0.664. The van der Waals surface area contributed by atoms with E-state index in [1.165, 1.54) is 0 Å². The molecule has 0 saturated carbocycles. The van der Waals surface area contributed by atoms with Gasteiger partial charge in [0.2, 0.25) is 0 Å². The summed E-state index contributed by atoms with van der Waals surface area (Å²) in [6.45, 7) is 1.42. The molecule has 1 radical (unpaired) electrons. The van der Waals surface area contributed by atoms with Crippen molar-refractivity contribution in [2.24, 2.45) is 0 Å². The molecular weight excluding hydrogens is 80.0 g/mol. The molecule has 0 aromatic heterocycles. The molecule has 1 N–H and O–H groups in total. The second kappa shape index (κ2) is 3.12. The van der Waals surface area contributed by atoms with Crippen LogP contribution in [0.1, 0.15) is 13.3 Å². The molecule has 0 aliphatic carbocycles. The van der Waals surface area contributed by atoms with Gasteiger partial charge < -0.3 is 5.11 Å².